The number of ether oxygens (including phenoxy) is 1. The number of rotatable bonds is 3. The summed E-state index contributed by atoms with van der Waals surface area (Å²) in [5.74, 6) is -0.133. The molecule has 0 amide bonds. The molecule has 18 heavy (non-hydrogen) atoms. The molecule has 2 rings (SSSR count). The number of hydrogen-bond donors (Lipinski definition) is 0. The Morgan fingerprint density at radius 3 is 2.50 bits per heavy atom. The maximum atomic E-state index is 13.3. The fraction of sp³-hybridized carbons (Fsp3) is 0.133. The van der Waals surface area contributed by atoms with E-state index in [2.05, 4.69) is 0 Å². The van der Waals surface area contributed by atoms with Crippen molar-refractivity contribution in [2.75, 3.05) is 0 Å². The SMILES string of the molecule is Cc1ccc(COc2ccc(C#N)c(F)c2)cc1. The smallest absolute Gasteiger partial charge is 0.144 e. The van der Waals surface area contributed by atoms with E-state index >= 15 is 0 Å². The lowest BCUT2D eigenvalue weighted by molar-refractivity contribution is 0.304. The molecule has 0 radical (unpaired) electrons. The van der Waals surface area contributed by atoms with Gasteiger partial charge >= 0.3 is 0 Å². The molecule has 0 saturated carbocycles. The molecule has 2 aromatic rings. The molecule has 0 N–H and O–H groups in total. The van der Waals surface area contributed by atoms with Crippen LogP contribution in [0, 0.1) is 24.1 Å². The van der Waals surface area contributed by atoms with Crippen molar-refractivity contribution >= 4 is 0 Å². The summed E-state index contributed by atoms with van der Waals surface area (Å²) in [7, 11) is 0. The van der Waals surface area contributed by atoms with Gasteiger partial charge in [0, 0.05) is 6.07 Å². The topological polar surface area (TPSA) is 33.0 Å². The first-order valence-electron chi connectivity index (χ1n) is 5.57. The Balaban J connectivity index is 2.04. The molecule has 90 valence electrons. The van der Waals surface area contributed by atoms with Gasteiger partial charge in [0.2, 0.25) is 0 Å². The van der Waals surface area contributed by atoms with E-state index in [1.54, 1.807) is 12.1 Å². The first-order valence-corrected chi connectivity index (χ1v) is 5.57. The zero-order chi connectivity index (χ0) is 13.0. The van der Waals surface area contributed by atoms with Gasteiger partial charge in [-0.25, -0.2) is 4.39 Å². The largest absolute Gasteiger partial charge is 0.489 e. The van der Waals surface area contributed by atoms with Crippen molar-refractivity contribution in [3.05, 3.63) is 65.0 Å². The number of nitriles is 1. The lowest BCUT2D eigenvalue weighted by Crippen LogP contribution is -1.96. The van der Waals surface area contributed by atoms with E-state index in [1.807, 2.05) is 31.2 Å². The molecular weight excluding hydrogens is 229 g/mol. The monoisotopic (exact) mass is 241 g/mol. The van der Waals surface area contributed by atoms with Gasteiger partial charge in [0.05, 0.1) is 5.56 Å². The molecule has 0 heterocycles. The molecule has 0 unspecified atom stereocenters. The summed E-state index contributed by atoms with van der Waals surface area (Å²) in [5.41, 5.74) is 2.23. The molecule has 0 atom stereocenters. The van der Waals surface area contributed by atoms with Crippen LogP contribution in [0.3, 0.4) is 0 Å². The molecule has 0 aliphatic rings. The minimum absolute atomic E-state index is 0.0256. The lowest BCUT2D eigenvalue weighted by atomic mass is 10.2. The Morgan fingerprint density at radius 1 is 1.17 bits per heavy atom. The fourth-order valence-corrected chi connectivity index (χ4v) is 1.53. The number of aryl methyl sites for hydroxylation is 1. The normalized spacial score (nSPS) is 9.83. The van der Waals surface area contributed by atoms with Crippen molar-refractivity contribution in [3.8, 4) is 11.8 Å². The summed E-state index contributed by atoms with van der Waals surface area (Å²) in [5, 5.41) is 8.61. The second kappa shape index (κ2) is 5.33. The maximum Gasteiger partial charge on any atom is 0.144 e. The molecule has 0 saturated heterocycles. The van der Waals surface area contributed by atoms with Gasteiger partial charge in [0.15, 0.2) is 0 Å². The highest BCUT2D eigenvalue weighted by molar-refractivity contribution is 5.36. The van der Waals surface area contributed by atoms with Crippen molar-refractivity contribution in [2.45, 2.75) is 13.5 Å². The average molecular weight is 241 g/mol. The Hall–Kier alpha value is -2.34. The highest BCUT2D eigenvalue weighted by atomic mass is 19.1. The van der Waals surface area contributed by atoms with Gasteiger partial charge in [0.25, 0.3) is 0 Å². The van der Waals surface area contributed by atoms with Gasteiger partial charge in [-0.05, 0) is 24.6 Å². The van der Waals surface area contributed by atoms with Crippen LogP contribution >= 0.6 is 0 Å². The highest BCUT2D eigenvalue weighted by Crippen LogP contribution is 2.17. The zero-order valence-electron chi connectivity index (χ0n) is 9.98. The first-order chi connectivity index (χ1) is 8.69. The molecule has 2 aromatic carbocycles. The zero-order valence-corrected chi connectivity index (χ0v) is 9.98. The van der Waals surface area contributed by atoms with Crippen LogP contribution in [0.25, 0.3) is 0 Å². The average Bonchev–Trinajstić information content (AvgIpc) is 2.38. The second-order valence-electron chi connectivity index (χ2n) is 4.03. The molecule has 0 aliphatic heterocycles. The predicted molar refractivity (Wildman–Crippen MR) is 66.6 cm³/mol. The van der Waals surface area contributed by atoms with Gasteiger partial charge in [-0.2, -0.15) is 5.26 Å². The summed E-state index contributed by atoms with van der Waals surface area (Å²) in [6.45, 7) is 2.40. The Kier molecular flexibility index (Phi) is 3.59. The minimum atomic E-state index is -0.557. The van der Waals surface area contributed by atoms with E-state index in [1.165, 1.54) is 17.7 Å². The van der Waals surface area contributed by atoms with Crippen LogP contribution < -0.4 is 4.74 Å². The summed E-state index contributed by atoms with van der Waals surface area (Å²) >= 11 is 0. The summed E-state index contributed by atoms with van der Waals surface area (Å²) in [6.07, 6.45) is 0. The molecule has 0 aromatic heterocycles. The lowest BCUT2D eigenvalue weighted by Gasteiger charge is -2.07. The summed E-state index contributed by atoms with van der Waals surface area (Å²) in [4.78, 5) is 0. The molecule has 3 heteroatoms. The highest BCUT2D eigenvalue weighted by Gasteiger charge is 2.03. The van der Waals surface area contributed by atoms with Crippen LogP contribution in [0.5, 0.6) is 5.75 Å². The van der Waals surface area contributed by atoms with Crippen molar-refractivity contribution in [1.29, 1.82) is 5.26 Å². The van der Waals surface area contributed by atoms with Crippen LogP contribution in [0.2, 0.25) is 0 Å². The second-order valence-corrected chi connectivity index (χ2v) is 4.03. The third kappa shape index (κ3) is 2.86. The van der Waals surface area contributed by atoms with E-state index in [0.717, 1.165) is 5.56 Å². The van der Waals surface area contributed by atoms with E-state index in [4.69, 9.17) is 10.00 Å². The maximum absolute atomic E-state index is 13.3. The molecule has 0 bridgehead atoms. The molecule has 0 fully saturated rings. The van der Waals surface area contributed by atoms with Gasteiger partial charge in [-0.1, -0.05) is 29.8 Å². The quantitative estimate of drug-likeness (QED) is 0.822. The third-order valence-corrected chi connectivity index (χ3v) is 2.59. The number of halogens is 1. The van der Waals surface area contributed by atoms with Crippen molar-refractivity contribution < 1.29 is 9.13 Å². The number of benzene rings is 2. The minimum Gasteiger partial charge on any atom is -0.489 e. The standard InChI is InChI=1S/C15H12FNO/c1-11-2-4-12(5-3-11)10-18-14-7-6-13(9-17)15(16)8-14/h2-8H,10H2,1H3. The Morgan fingerprint density at radius 2 is 1.89 bits per heavy atom. The third-order valence-electron chi connectivity index (χ3n) is 2.59. The molecule has 0 spiro atoms. The molecular formula is C15H12FNO. The first kappa shape index (κ1) is 12.1. The van der Waals surface area contributed by atoms with Gasteiger partial charge < -0.3 is 4.74 Å². The van der Waals surface area contributed by atoms with Crippen LogP contribution in [-0.4, -0.2) is 0 Å². The van der Waals surface area contributed by atoms with Crippen molar-refractivity contribution in [3.63, 3.8) is 0 Å². The number of hydrogen-bond acceptors (Lipinski definition) is 2. The van der Waals surface area contributed by atoms with E-state index in [0.29, 0.717) is 12.4 Å². The predicted octanol–water partition coefficient (Wildman–Crippen LogP) is 3.58. The Labute approximate surface area is 105 Å². The number of nitrogens with zero attached hydrogens (tertiary/aromatic N) is 1. The molecule has 0 aliphatic carbocycles. The fourth-order valence-electron chi connectivity index (χ4n) is 1.53. The van der Waals surface area contributed by atoms with Crippen molar-refractivity contribution in [2.24, 2.45) is 0 Å². The van der Waals surface area contributed by atoms with Gasteiger partial charge in [-0.15, -0.1) is 0 Å². The summed E-state index contributed by atoms with van der Waals surface area (Å²) < 4.78 is 18.8. The van der Waals surface area contributed by atoms with Crippen LogP contribution in [0.15, 0.2) is 42.5 Å². The van der Waals surface area contributed by atoms with Gasteiger partial charge in [-0.3, -0.25) is 0 Å². The Bertz CT molecular complexity index is 584. The van der Waals surface area contributed by atoms with Crippen LogP contribution in [0.4, 0.5) is 4.39 Å². The van der Waals surface area contributed by atoms with E-state index in [9.17, 15) is 4.39 Å². The van der Waals surface area contributed by atoms with Crippen molar-refractivity contribution in [1.82, 2.24) is 0 Å². The summed E-state index contributed by atoms with van der Waals surface area (Å²) in [6, 6.07) is 13.9. The van der Waals surface area contributed by atoms with Crippen LogP contribution in [0.1, 0.15) is 16.7 Å². The van der Waals surface area contributed by atoms with E-state index < -0.39 is 5.82 Å². The van der Waals surface area contributed by atoms with Crippen LogP contribution in [-0.2, 0) is 6.61 Å². The van der Waals surface area contributed by atoms with Gasteiger partial charge in [0.1, 0.15) is 24.2 Å². The molecule has 2 nitrogen and oxygen atoms in total. The van der Waals surface area contributed by atoms with E-state index in [-0.39, 0.29) is 5.56 Å².